The molecule has 0 atom stereocenters. The molecular formula is C13H20ClN3O. The lowest BCUT2D eigenvalue weighted by Gasteiger charge is -2.36. The van der Waals surface area contributed by atoms with Crippen LogP contribution in [0.25, 0.3) is 0 Å². The van der Waals surface area contributed by atoms with E-state index in [-0.39, 0.29) is 5.54 Å². The van der Waals surface area contributed by atoms with Crippen molar-refractivity contribution in [1.82, 2.24) is 9.97 Å². The lowest BCUT2D eigenvalue weighted by atomic mass is 9.92. The molecule has 1 aromatic rings. The van der Waals surface area contributed by atoms with Crippen LogP contribution in [0.15, 0.2) is 12.4 Å². The lowest BCUT2D eigenvalue weighted by Crippen LogP contribution is -2.45. The molecule has 1 N–H and O–H groups in total. The molecule has 1 aliphatic heterocycles. The van der Waals surface area contributed by atoms with E-state index in [2.05, 4.69) is 29.1 Å². The lowest BCUT2D eigenvalue weighted by molar-refractivity contribution is 0.0666. The molecular weight excluding hydrogens is 250 g/mol. The minimum atomic E-state index is -0.0948. The first kappa shape index (κ1) is 13.6. The van der Waals surface area contributed by atoms with Crippen LogP contribution >= 0.6 is 11.6 Å². The Balaban J connectivity index is 2.13. The molecule has 1 saturated heterocycles. The fourth-order valence-corrected chi connectivity index (χ4v) is 2.42. The average molecular weight is 270 g/mol. The SMILES string of the molecule is CC(C)c1cc(NC2(CCl)CCOCC2)ncn1. The van der Waals surface area contributed by atoms with Crippen LogP contribution < -0.4 is 5.32 Å². The maximum atomic E-state index is 6.13. The van der Waals surface area contributed by atoms with Crippen LogP contribution in [0.5, 0.6) is 0 Å². The Labute approximate surface area is 113 Å². The molecule has 0 aromatic carbocycles. The predicted molar refractivity (Wildman–Crippen MR) is 73.2 cm³/mol. The molecule has 1 fully saturated rings. The van der Waals surface area contributed by atoms with E-state index >= 15 is 0 Å². The van der Waals surface area contributed by atoms with Crippen LogP contribution in [0, 0.1) is 0 Å². The largest absolute Gasteiger partial charge is 0.381 e. The molecule has 0 unspecified atom stereocenters. The predicted octanol–water partition coefficient (Wildman–Crippen LogP) is 2.80. The minimum absolute atomic E-state index is 0.0948. The fraction of sp³-hybridized carbons (Fsp3) is 0.692. The van der Waals surface area contributed by atoms with E-state index in [4.69, 9.17) is 16.3 Å². The highest BCUT2D eigenvalue weighted by Crippen LogP contribution is 2.27. The molecule has 0 radical (unpaired) electrons. The summed E-state index contributed by atoms with van der Waals surface area (Å²) in [6.07, 6.45) is 3.44. The van der Waals surface area contributed by atoms with Crippen LogP contribution in [0.1, 0.15) is 38.3 Å². The Hall–Kier alpha value is -0.870. The van der Waals surface area contributed by atoms with Crippen LogP contribution in [-0.4, -0.2) is 34.6 Å². The zero-order valence-corrected chi connectivity index (χ0v) is 11.7. The van der Waals surface area contributed by atoms with Gasteiger partial charge in [0.25, 0.3) is 0 Å². The van der Waals surface area contributed by atoms with Gasteiger partial charge >= 0.3 is 0 Å². The molecule has 4 nitrogen and oxygen atoms in total. The van der Waals surface area contributed by atoms with Gasteiger partial charge in [0.15, 0.2) is 0 Å². The average Bonchev–Trinajstić information content (AvgIpc) is 2.40. The van der Waals surface area contributed by atoms with Gasteiger partial charge in [0.2, 0.25) is 0 Å². The van der Waals surface area contributed by atoms with Gasteiger partial charge in [-0.25, -0.2) is 9.97 Å². The van der Waals surface area contributed by atoms with Crippen molar-refractivity contribution in [1.29, 1.82) is 0 Å². The number of rotatable bonds is 4. The van der Waals surface area contributed by atoms with Gasteiger partial charge in [0.1, 0.15) is 12.1 Å². The summed E-state index contributed by atoms with van der Waals surface area (Å²) >= 11 is 6.13. The second-order valence-electron chi connectivity index (χ2n) is 5.13. The summed E-state index contributed by atoms with van der Waals surface area (Å²) in [4.78, 5) is 8.56. The van der Waals surface area contributed by atoms with E-state index in [0.717, 1.165) is 37.6 Å². The number of halogens is 1. The van der Waals surface area contributed by atoms with E-state index in [9.17, 15) is 0 Å². The Morgan fingerprint density at radius 1 is 1.39 bits per heavy atom. The molecule has 2 rings (SSSR count). The zero-order valence-electron chi connectivity index (χ0n) is 10.9. The number of hydrogen-bond donors (Lipinski definition) is 1. The summed E-state index contributed by atoms with van der Waals surface area (Å²) in [5.74, 6) is 1.82. The first-order chi connectivity index (χ1) is 8.65. The fourth-order valence-electron chi connectivity index (χ4n) is 2.08. The van der Waals surface area contributed by atoms with Gasteiger partial charge in [-0.05, 0) is 18.8 Å². The first-order valence-electron chi connectivity index (χ1n) is 6.39. The second-order valence-corrected chi connectivity index (χ2v) is 5.40. The van der Waals surface area contributed by atoms with Gasteiger partial charge in [-0.15, -0.1) is 11.6 Å². The summed E-state index contributed by atoms with van der Waals surface area (Å²) in [5.41, 5.74) is 0.951. The van der Waals surface area contributed by atoms with E-state index in [1.165, 1.54) is 0 Å². The Kier molecular flexibility index (Phi) is 4.40. The molecule has 0 saturated carbocycles. The molecule has 18 heavy (non-hydrogen) atoms. The Bertz CT molecular complexity index is 392. The number of alkyl halides is 1. The molecule has 100 valence electrons. The van der Waals surface area contributed by atoms with E-state index < -0.39 is 0 Å². The summed E-state index contributed by atoms with van der Waals surface area (Å²) in [6.45, 7) is 5.75. The zero-order chi connectivity index (χ0) is 13.0. The monoisotopic (exact) mass is 269 g/mol. The van der Waals surface area contributed by atoms with Crippen molar-refractivity contribution in [3.05, 3.63) is 18.1 Å². The molecule has 0 spiro atoms. The maximum absolute atomic E-state index is 6.13. The van der Waals surface area contributed by atoms with Crippen LogP contribution in [0.3, 0.4) is 0 Å². The van der Waals surface area contributed by atoms with Gasteiger partial charge < -0.3 is 10.1 Å². The van der Waals surface area contributed by atoms with Crippen molar-refractivity contribution in [3.8, 4) is 0 Å². The Morgan fingerprint density at radius 2 is 2.11 bits per heavy atom. The van der Waals surface area contributed by atoms with E-state index in [0.29, 0.717) is 11.8 Å². The van der Waals surface area contributed by atoms with Crippen molar-refractivity contribution in [2.75, 3.05) is 24.4 Å². The number of aromatic nitrogens is 2. The number of hydrogen-bond acceptors (Lipinski definition) is 4. The number of nitrogens with one attached hydrogen (secondary N) is 1. The first-order valence-corrected chi connectivity index (χ1v) is 6.92. The van der Waals surface area contributed by atoms with Crippen molar-refractivity contribution < 1.29 is 4.74 Å². The van der Waals surface area contributed by atoms with Crippen molar-refractivity contribution >= 4 is 17.4 Å². The van der Waals surface area contributed by atoms with Gasteiger partial charge in [0, 0.05) is 30.9 Å². The molecule has 1 aliphatic rings. The van der Waals surface area contributed by atoms with Crippen molar-refractivity contribution in [2.24, 2.45) is 0 Å². The second kappa shape index (κ2) is 5.85. The molecule has 5 heteroatoms. The van der Waals surface area contributed by atoms with Crippen LogP contribution in [0.2, 0.25) is 0 Å². The summed E-state index contributed by atoms with van der Waals surface area (Å²) in [5, 5.41) is 3.48. The third-order valence-corrected chi connectivity index (χ3v) is 3.89. The van der Waals surface area contributed by atoms with Gasteiger partial charge in [0.05, 0.1) is 5.54 Å². The normalized spacial score (nSPS) is 18.9. The van der Waals surface area contributed by atoms with E-state index in [1.54, 1.807) is 6.33 Å². The molecule has 1 aromatic heterocycles. The molecule has 0 amide bonds. The van der Waals surface area contributed by atoms with Crippen LogP contribution in [-0.2, 0) is 4.74 Å². The number of ether oxygens (including phenoxy) is 1. The van der Waals surface area contributed by atoms with Crippen LogP contribution in [0.4, 0.5) is 5.82 Å². The number of nitrogens with zero attached hydrogens (tertiary/aromatic N) is 2. The van der Waals surface area contributed by atoms with Crippen molar-refractivity contribution in [3.63, 3.8) is 0 Å². The topological polar surface area (TPSA) is 47.0 Å². The van der Waals surface area contributed by atoms with Gasteiger partial charge in [-0.2, -0.15) is 0 Å². The highest BCUT2D eigenvalue weighted by molar-refractivity contribution is 6.18. The van der Waals surface area contributed by atoms with Gasteiger partial charge in [-0.3, -0.25) is 0 Å². The maximum Gasteiger partial charge on any atom is 0.130 e. The number of anilines is 1. The molecule has 0 bridgehead atoms. The van der Waals surface area contributed by atoms with Crippen molar-refractivity contribution in [2.45, 2.75) is 38.1 Å². The summed E-state index contributed by atoms with van der Waals surface area (Å²) < 4.78 is 5.39. The summed E-state index contributed by atoms with van der Waals surface area (Å²) in [6, 6.07) is 2.01. The summed E-state index contributed by atoms with van der Waals surface area (Å²) in [7, 11) is 0. The Morgan fingerprint density at radius 3 is 2.72 bits per heavy atom. The third kappa shape index (κ3) is 3.12. The highest BCUT2D eigenvalue weighted by atomic mass is 35.5. The molecule has 2 heterocycles. The quantitative estimate of drug-likeness (QED) is 0.854. The molecule has 0 aliphatic carbocycles. The minimum Gasteiger partial charge on any atom is -0.381 e. The smallest absolute Gasteiger partial charge is 0.130 e. The van der Waals surface area contributed by atoms with Gasteiger partial charge in [-0.1, -0.05) is 13.8 Å². The van der Waals surface area contributed by atoms with E-state index in [1.807, 2.05) is 6.07 Å². The highest BCUT2D eigenvalue weighted by Gasteiger charge is 2.32. The third-order valence-electron chi connectivity index (χ3n) is 3.38. The standard InChI is InChI=1S/C13H20ClN3O/c1-10(2)11-7-12(16-9-15-11)17-13(8-14)3-5-18-6-4-13/h7,9-10H,3-6,8H2,1-2H3,(H,15,16,17).